The molecule has 3 N–H and O–H groups in total. The van der Waals surface area contributed by atoms with E-state index in [1.165, 1.54) is 38.5 Å². The van der Waals surface area contributed by atoms with E-state index in [9.17, 15) is 23.1 Å². The first kappa shape index (κ1) is 27.1. The quantitative estimate of drug-likeness (QED) is 0.424. The molecule has 7 nitrogen and oxygen atoms in total. The normalized spacial score (nSPS) is 40.8. The lowest BCUT2D eigenvalue weighted by Crippen LogP contribution is -2.53. The number of rotatable bonds is 8. The predicted molar refractivity (Wildman–Crippen MR) is 134 cm³/mol. The van der Waals surface area contributed by atoms with Crippen LogP contribution in [0.5, 0.6) is 0 Å². The lowest BCUT2D eigenvalue weighted by molar-refractivity contribution is -0.140. The fourth-order valence-corrected chi connectivity index (χ4v) is 9.97. The molecule has 4 saturated carbocycles. The SMILES string of the molecule is CC(CCC(=O)NC(CO)CS(=O)(=O)O)C1CCC2C3CCC4CC(=O)CCC4(C)C3CCC12C. The Labute approximate surface area is 211 Å². The molecule has 35 heavy (non-hydrogen) atoms. The van der Waals surface area contributed by atoms with Gasteiger partial charge in [0.05, 0.1) is 18.4 Å². The number of carbonyl (C=O) groups is 2. The Morgan fingerprint density at radius 3 is 2.49 bits per heavy atom. The van der Waals surface area contributed by atoms with Gasteiger partial charge < -0.3 is 10.4 Å². The smallest absolute Gasteiger partial charge is 0.266 e. The van der Waals surface area contributed by atoms with Gasteiger partial charge in [0.25, 0.3) is 10.1 Å². The number of hydrogen-bond donors (Lipinski definition) is 3. The van der Waals surface area contributed by atoms with Crippen LogP contribution in [0, 0.1) is 46.3 Å². The molecule has 4 aliphatic rings. The zero-order valence-electron chi connectivity index (χ0n) is 21.7. The van der Waals surface area contributed by atoms with Gasteiger partial charge in [0, 0.05) is 19.3 Å². The van der Waals surface area contributed by atoms with E-state index in [4.69, 9.17) is 4.55 Å². The van der Waals surface area contributed by atoms with Crippen molar-refractivity contribution in [2.75, 3.05) is 12.4 Å². The van der Waals surface area contributed by atoms with Gasteiger partial charge in [-0.05, 0) is 97.7 Å². The van der Waals surface area contributed by atoms with Crippen LogP contribution in [-0.2, 0) is 19.7 Å². The summed E-state index contributed by atoms with van der Waals surface area (Å²) >= 11 is 0. The molecule has 0 aliphatic heterocycles. The molecule has 8 heteroatoms. The molecule has 1 amide bonds. The second-order valence-corrected chi connectivity index (χ2v) is 14.3. The van der Waals surface area contributed by atoms with Crippen LogP contribution >= 0.6 is 0 Å². The highest BCUT2D eigenvalue weighted by Gasteiger charge is 2.60. The second kappa shape index (κ2) is 10.1. The molecule has 0 aromatic carbocycles. The monoisotopic (exact) mass is 511 g/mol. The summed E-state index contributed by atoms with van der Waals surface area (Å²) in [7, 11) is -4.26. The van der Waals surface area contributed by atoms with Crippen molar-refractivity contribution < 1.29 is 27.7 Å². The minimum atomic E-state index is -4.26. The van der Waals surface area contributed by atoms with Gasteiger partial charge in [-0.3, -0.25) is 14.1 Å². The summed E-state index contributed by atoms with van der Waals surface area (Å²) in [4.78, 5) is 24.6. The summed E-state index contributed by atoms with van der Waals surface area (Å²) in [5, 5.41) is 11.9. The van der Waals surface area contributed by atoms with Crippen molar-refractivity contribution in [3.8, 4) is 0 Å². The highest BCUT2D eigenvalue weighted by atomic mass is 32.2. The second-order valence-electron chi connectivity index (χ2n) is 12.8. The highest BCUT2D eigenvalue weighted by molar-refractivity contribution is 7.85. The van der Waals surface area contributed by atoms with Crippen molar-refractivity contribution >= 4 is 21.8 Å². The van der Waals surface area contributed by atoms with Crippen LogP contribution in [0.1, 0.15) is 91.4 Å². The fraction of sp³-hybridized carbons (Fsp3) is 0.926. The number of aliphatic hydroxyl groups excluding tert-OH is 1. The number of hydrogen-bond acceptors (Lipinski definition) is 5. The van der Waals surface area contributed by atoms with Crippen molar-refractivity contribution in [1.29, 1.82) is 0 Å². The molecule has 0 spiro atoms. The number of amides is 1. The Bertz CT molecular complexity index is 921. The van der Waals surface area contributed by atoms with Crippen molar-refractivity contribution in [2.45, 2.75) is 97.4 Å². The Hall–Kier alpha value is -0.990. The molecular weight excluding hydrogens is 466 g/mol. The highest BCUT2D eigenvalue weighted by Crippen LogP contribution is 2.68. The Morgan fingerprint density at radius 2 is 1.80 bits per heavy atom. The average Bonchev–Trinajstić information content (AvgIpc) is 3.14. The predicted octanol–water partition coefficient (Wildman–Crippen LogP) is 4.00. The van der Waals surface area contributed by atoms with Crippen LogP contribution in [-0.4, -0.2) is 48.2 Å². The summed E-state index contributed by atoms with van der Waals surface area (Å²) in [6, 6.07) is -0.983. The molecule has 0 aromatic rings. The number of ketones is 1. The van der Waals surface area contributed by atoms with Crippen LogP contribution in [0.15, 0.2) is 0 Å². The molecule has 0 radical (unpaired) electrons. The van der Waals surface area contributed by atoms with E-state index in [-0.39, 0.29) is 5.91 Å². The van der Waals surface area contributed by atoms with E-state index >= 15 is 0 Å². The molecule has 0 saturated heterocycles. The number of aliphatic hydroxyl groups is 1. The molecule has 4 aliphatic carbocycles. The summed E-state index contributed by atoms with van der Waals surface area (Å²) in [5.74, 6) is 3.28. The molecule has 0 heterocycles. The maximum atomic E-state index is 12.4. The number of fused-ring (bicyclic) bond motifs is 5. The Morgan fingerprint density at radius 1 is 1.09 bits per heavy atom. The van der Waals surface area contributed by atoms with Crippen LogP contribution in [0.2, 0.25) is 0 Å². The molecule has 9 atom stereocenters. The molecule has 200 valence electrons. The van der Waals surface area contributed by atoms with Gasteiger partial charge in [-0.25, -0.2) is 0 Å². The van der Waals surface area contributed by atoms with Crippen molar-refractivity contribution in [3.63, 3.8) is 0 Å². The van der Waals surface area contributed by atoms with E-state index in [1.54, 1.807) is 0 Å². The van der Waals surface area contributed by atoms with Gasteiger partial charge in [0.15, 0.2) is 0 Å². The number of carbonyl (C=O) groups excluding carboxylic acids is 2. The van der Waals surface area contributed by atoms with Crippen LogP contribution in [0.3, 0.4) is 0 Å². The van der Waals surface area contributed by atoms with E-state index in [2.05, 4.69) is 26.1 Å². The third-order valence-electron chi connectivity index (χ3n) is 11.1. The molecular formula is C27H45NO6S. The van der Waals surface area contributed by atoms with Crippen LogP contribution in [0.4, 0.5) is 0 Å². The van der Waals surface area contributed by atoms with Gasteiger partial charge in [0.2, 0.25) is 5.91 Å². The molecule has 4 fully saturated rings. The van der Waals surface area contributed by atoms with Crippen molar-refractivity contribution in [1.82, 2.24) is 5.32 Å². The third kappa shape index (κ3) is 5.35. The van der Waals surface area contributed by atoms with Gasteiger partial charge in [0.1, 0.15) is 5.78 Å². The minimum absolute atomic E-state index is 0.277. The maximum Gasteiger partial charge on any atom is 0.266 e. The minimum Gasteiger partial charge on any atom is -0.394 e. The van der Waals surface area contributed by atoms with Gasteiger partial charge >= 0.3 is 0 Å². The molecule has 4 rings (SSSR count). The fourth-order valence-electron chi connectivity index (χ4n) is 9.27. The van der Waals surface area contributed by atoms with Crippen LogP contribution < -0.4 is 5.32 Å². The first-order chi connectivity index (χ1) is 16.4. The molecule has 0 aromatic heterocycles. The van der Waals surface area contributed by atoms with E-state index in [0.717, 1.165) is 43.4 Å². The van der Waals surface area contributed by atoms with Gasteiger partial charge in [-0.1, -0.05) is 20.8 Å². The maximum absolute atomic E-state index is 12.4. The Kier molecular flexibility index (Phi) is 7.77. The lowest BCUT2D eigenvalue weighted by Gasteiger charge is -2.60. The zero-order chi connectivity index (χ0) is 25.6. The van der Waals surface area contributed by atoms with Crippen molar-refractivity contribution in [3.05, 3.63) is 0 Å². The Balaban J connectivity index is 1.36. The zero-order valence-corrected chi connectivity index (χ0v) is 22.5. The van der Waals surface area contributed by atoms with Crippen molar-refractivity contribution in [2.24, 2.45) is 46.3 Å². The molecule has 0 bridgehead atoms. The summed E-state index contributed by atoms with van der Waals surface area (Å²) < 4.78 is 31.2. The first-order valence-electron chi connectivity index (χ1n) is 13.7. The van der Waals surface area contributed by atoms with Crippen LogP contribution in [0.25, 0.3) is 0 Å². The van der Waals surface area contributed by atoms with E-state index in [1.807, 2.05) is 0 Å². The standard InChI is InChI=1S/C27H45NO6S/c1-17(4-9-25(31)28-19(15-29)16-35(32,33)34)22-7-8-23-21-6-5-18-14-20(30)10-12-26(18,2)24(21)11-13-27(22,23)3/h17-19,21-24,29H,4-16H2,1-3H3,(H,28,31)(H,32,33,34). The largest absolute Gasteiger partial charge is 0.394 e. The summed E-state index contributed by atoms with van der Waals surface area (Å²) in [5.41, 5.74) is 0.620. The number of nitrogens with one attached hydrogen (secondary N) is 1. The summed E-state index contributed by atoms with van der Waals surface area (Å²) in [6.45, 7) is 6.71. The number of Topliss-reactive ketones (excluding diaryl/α,β-unsaturated/α-hetero) is 1. The topological polar surface area (TPSA) is 121 Å². The van der Waals surface area contributed by atoms with E-state index < -0.39 is 28.5 Å². The van der Waals surface area contributed by atoms with E-state index in [0.29, 0.717) is 40.8 Å². The third-order valence-corrected chi connectivity index (χ3v) is 11.9. The first-order valence-corrected chi connectivity index (χ1v) is 15.4. The molecule has 9 unspecified atom stereocenters. The van der Waals surface area contributed by atoms with Gasteiger partial charge in [-0.2, -0.15) is 8.42 Å². The average molecular weight is 512 g/mol. The summed E-state index contributed by atoms with van der Waals surface area (Å²) in [6.07, 6.45) is 11.1. The lowest BCUT2D eigenvalue weighted by atomic mass is 9.44. The van der Waals surface area contributed by atoms with Gasteiger partial charge in [-0.15, -0.1) is 0 Å².